The minimum absolute atomic E-state index is 0. The zero-order valence-electron chi connectivity index (χ0n) is 17.5. The Morgan fingerprint density at radius 2 is 1.93 bits per heavy atom. The molecule has 1 fully saturated rings. The molecule has 1 aliphatic heterocycles. The van der Waals surface area contributed by atoms with E-state index in [0.29, 0.717) is 12.6 Å². The van der Waals surface area contributed by atoms with Gasteiger partial charge in [-0.2, -0.15) is 0 Å². The number of halogens is 1. The number of rotatable bonds is 6. The van der Waals surface area contributed by atoms with Gasteiger partial charge in [-0.25, -0.2) is 4.98 Å². The maximum absolute atomic E-state index is 5.91. The summed E-state index contributed by atoms with van der Waals surface area (Å²) < 4.78 is 5.91. The van der Waals surface area contributed by atoms with E-state index >= 15 is 0 Å². The highest BCUT2D eigenvalue weighted by atomic mass is 127. The largest absolute Gasteiger partial charge is 0.489 e. The Morgan fingerprint density at radius 1 is 1.21 bits per heavy atom. The molecule has 1 saturated heterocycles. The molecule has 3 rings (SSSR count). The van der Waals surface area contributed by atoms with Crippen molar-refractivity contribution >= 4 is 35.8 Å². The van der Waals surface area contributed by atoms with Gasteiger partial charge >= 0.3 is 0 Å². The van der Waals surface area contributed by atoms with E-state index in [-0.39, 0.29) is 30.1 Å². The number of aryl methyl sites for hydroxylation is 1. The Labute approximate surface area is 191 Å². The third-order valence-electron chi connectivity index (χ3n) is 4.92. The van der Waals surface area contributed by atoms with E-state index in [1.165, 1.54) is 5.56 Å². The van der Waals surface area contributed by atoms with E-state index in [0.717, 1.165) is 43.5 Å². The second-order valence-corrected chi connectivity index (χ2v) is 7.29. The van der Waals surface area contributed by atoms with Crippen LogP contribution in [0.3, 0.4) is 0 Å². The van der Waals surface area contributed by atoms with Gasteiger partial charge in [0.15, 0.2) is 5.96 Å². The third-order valence-corrected chi connectivity index (χ3v) is 4.92. The van der Waals surface area contributed by atoms with Crippen LogP contribution < -0.4 is 20.3 Å². The first kappa shape index (κ1) is 23.3. The van der Waals surface area contributed by atoms with Gasteiger partial charge in [-0.3, -0.25) is 4.99 Å². The molecular formula is C22H32IN5O. The number of hydrogen-bond donors (Lipinski definition) is 2. The van der Waals surface area contributed by atoms with E-state index in [9.17, 15) is 0 Å². The number of hydrogen-bond acceptors (Lipinski definition) is 4. The van der Waals surface area contributed by atoms with Crippen LogP contribution in [-0.2, 0) is 0 Å². The fraction of sp³-hybridized carbons (Fsp3) is 0.455. The summed E-state index contributed by atoms with van der Waals surface area (Å²) in [5, 5.41) is 6.92. The number of pyridine rings is 1. The molecule has 1 aliphatic rings. The number of guanidine groups is 1. The number of nitrogens with one attached hydrogen (secondary N) is 2. The number of benzene rings is 1. The van der Waals surface area contributed by atoms with Crippen molar-refractivity contribution in [3.05, 3.63) is 54.2 Å². The number of aromatic nitrogens is 1. The number of piperidine rings is 1. The molecule has 0 spiro atoms. The first-order chi connectivity index (χ1) is 13.6. The van der Waals surface area contributed by atoms with Crippen molar-refractivity contribution < 1.29 is 4.74 Å². The SMILES string of the molecule is CN=C(NCC(C)Oc1ccccc1)NC1CCN(c2ccc(C)cn2)CC1.I. The third kappa shape index (κ3) is 7.38. The number of anilines is 1. The Hall–Kier alpha value is -2.03. The van der Waals surface area contributed by atoms with E-state index in [2.05, 4.69) is 51.5 Å². The minimum Gasteiger partial charge on any atom is -0.489 e. The van der Waals surface area contributed by atoms with Crippen LogP contribution in [0.25, 0.3) is 0 Å². The van der Waals surface area contributed by atoms with Gasteiger partial charge in [0, 0.05) is 32.4 Å². The number of nitrogens with zero attached hydrogens (tertiary/aromatic N) is 3. The van der Waals surface area contributed by atoms with Crippen LogP contribution in [-0.4, -0.2) is 49.8 Å². The van der Waals surface area contributed by atoms with E-state index in [1.54, 1.807) is 0 Å². The average molecular weight is 509 g/mol. The maximum Gasteiger partial charge on any atom is 0.191 e. The van der Waals surface area contributed by atoms with E-state index < -0.39 is 0 Å². The molecule has 29 heavy (non-hydrogen) atoms. The monoisotopic (exact) mass is 509 g/mol. The second kappa shape index (κ2) is 11.8. The summed E-state index contributed by atoms with van der Waals surface area (Å²) in [5.41, 5.74) is 1.20. The molecule has 1 unspecified atom stereocenters. The molecule has 7 heteroatoms. The molecule has 1 atom stereocenters. The molecule has 2 aromatic rings. The van der Waals surface area contributed by atoms with Gasteiger partial charge in [0.05, 0.1) is 6.54 Å². The summed E-state index contributed by atoms with van der Waals surface area (Å²) in [4.78, 5) is 11.3. The molecule has 0 saturated carbocycles. The van der Waals surface area contributed by atoms with Crippen molar-refractivity contribution in [1.82, 2.24) is 15.6 Å². The predicted molar refractivity (Wildman–Crippen MR) is 131 cm³/mol. The number of para-hydroxylation sites is 1. The van der Waals surface area contributed by atoms with Crippen LogP contribution in [0.5, 0.6) is 5.75 Å². The second-order valence-electron chi connectivity index (χ2n) is 7.29. The van der Waals surface area contributed by atoms with Crippen LogP contribution in [0.15, 0.2) is 53.7 Å². The van der Waals surface area contributed by atoms with Crippen molar-refractivity contribution in [2.75, 3.05) is 31.6 Å². The van der Waals surface area contributed by atoms with Gasteiger partial charge in [0.2, 0.25) is 0 Å². The maximum atomic E-state index is 5.91. The average Bonchev–Trinajstić information content (AvgIpc) is 2.73. The molecule has 2 N–H and O–H groups in total. The standard InChI is InChI=1S/C22H31N5O.HI/c1-17-9-10-21(24-15-17)27-13-11-19(12-14-27)26-22(23-3)25-16-18(2)28-20-7-5-4-6-8-20;/h4-10,15,18-19H,11-14,16H2,1-3H3,(H2,23,25,26);1H. The van der Waals surface area contributed by atoms with Crippen molar-refractivity contribution in [2.24, 2.45) is 4.99 Å². The van der Waals surface area contributed by atoms with Crippen LogP contribution >= 0.6 is 24.0 Å². The van der Waals surface area contributed by atoms with Crippen molar-refractivity contribution in [2.45, 2.75) is 38.8 Å². The Morgan fingerprint density at radius 3 is 2.55 bits per heavy atom. The van der Waals surface area contributed by atoms with Gasteiger partial charge < -0.3 is 20.3 Å². The predicted octanol–water partition coefficient (Wildman–Crippen LogP) is 3.61. The summed E-state index contributed by atoms with van der Waals surface area (Å²) in [5.74, 6) is 2.78. The zero-order chi connectivity index (χ0) is 19.8. The van der Waals surface area contributed by atoms with Crippen molar-refractivity contribution in [3.8, 4) is 5.75 Å². The van der Waals surface area contributed by atoms with Crippen LogP contribution in [0.1, 0.15) is 25.3 Å². The quantitative estimate of drug-likeness (QED) is 0.354. The van der Waals surface area contributed by atoms with Crippen molar-refractivity contribution in [1.29, 1.82) is 0 Å². The highest BCUT2D eigenvalue weighted by Crippen LogP contribution is 2.18. The minimum atomic E-state index is 0. The van der Waals surface area contributed by atoms with Crippen LogP contribution in [0, 0.1) is 6.92 Å². The molecular weight excluding hydrogens is 477 g/mol. The first-order valence-corrected chi connectivity index (χ1v) is 10.0. The summed E-state index contributed by atoms with van der Waals surface area (Å²) in [7, 11) is 1.81. The molecule has 0 radical (unpaired) electrons. The lowest BCUT2D eigenvalue weighted by Gasteiger charge is -2.34. The number of aliphatic imine (C=N–C) groups is 1. The van der Waals surface area contributed by atoms with Crippen molar-refractivity contribution in [3.63, 3.8) is 0 Å². The molecule has 0 bridgehead atoms. The fourth-order valence-electron chi connectivity index (χ4n) is 3.30. The Balaban J connectivity index is 0.00000300. The Bertz CT molecular complexity index is 746. The Kier molecular flexibility index (Phi) is 9.50. The molecule has 1 aromatic heterocycles. The molecule has 158 valence electrons. The smallest absolute Gasteiger partial charge is 0.191 e. The number of ether oxygens (including phenoxy) is 1. The molecule has 0 amide bonds. The topological polar surface area (TPSA) is 61.8 Å². The normalized spacial score (nSPS) is 16.0. The molecule has 1 aromatic carbocycles. The lowest BCUT2D eigenvalue weighted by molar-refractivity contribution is 0.223. The summed E-state index contributed by atoms with van der Waals surface area (Å²) >= 11 is 0. The fourth-order valence-corrected chi connectivity index (χ4v) is 3.30. The van der Waals surface area contributed by atoms with E-state index in [4.69, 9.17) is 4.74 Å². The molecule has 6 nitrogen and oxygen atoms in total. The molecule has 0 aliphatic carbocycles. The van der Waals surface area contributed by atoms with Gasteiger partial charge in [0.25, 0.3) is 0 Å². The van der Waals surface area contributed by atoms with E-state index in [1.807, 2.05) is 43.6 Å². The zero-order valence-corrected chi connectivity index (χ0v) is 19.8. The molecule has 2 heterocycles. The lowest BCUT2D eigenvalue weighted by atomic mass is 10.1. The lowest BCUT2D eigenvalue weighted by Crippen LogP contribution is -2.50. The van der Waals surface area contributed by atoms with Crippen LogP contribution in [0.4, 0.5) is 5.82 Å². The van der Waals surface area contributed by atoms with Gasteiger partial charge in [-0.05, 0) is 50.5 Å². The summed E-state index contributed by atoms with van der Waals surface area (Å²) in [6, 6.07) is 14.5. The summed E-state index contributed by atoms with van der Waals surface area (Å²) in [6.07, 6.45) is 4.11. The summed E-state index contributed by atoms with van der Waals surface area (Å²) in [6.45, 7) is 6.81. The highest BCUT2D eigenvalue weighted by Gasteiger charge is 2.21. The van der Waals surface area contributed by atoms with Gasteiger partial charge in [-0.15, -0.1) is 24.0 Å². The first-order valence-electron chi connectivity index (χ1n) is 10.0. The van der Waals surface area contributed by atoms with Gasteiger partial charge in [0.1, 0.15) is 17.7 Å². The van der Waals surface area contributed by atoms with Crippen LogP contribution in [0.2, 0.25) is 0 Å². The highest BCUT2D eigenvalue weighted by molar-refractivity contribution is 14.0. The van der Waals surface area contributed by atoms with Gasteiger partial charge in [-0.1, -0.05) is 24.3 Å².